The fourth-order valence-corrected chi connectivity index (χ4v) is 6.29. The van der Waals surface area contributed by atoms with Gasteiger partial charge in [0.2, 0.25) is 0 Å². The molecule has 0 aliphatic carbocycles. The third-order valence-electron chi connectivity index (χ3n) is 8.80. The minimum absolute atomic E-state index is 0.0127. The van der Waals surface area contributed by atoms with Gasteiger partial charge in [-0.1, -0.05) is 74.8 Å². The number of azide groups is 1. The van der Waals surface area contributed by atoms with Crippen LogP contribution in [0.15, 0.2) is 59.7 Å². The number of nitrogens with zero attached hydrogens (tertiary/aromatic N) is 3. The van der Waals surface area contributed by atoms with Crippen LogP contribution in [-0.2, 0) is 25.6 Å². The highest BCUT2D eigenvalue weighted by Crippen LogP contribution is 2.36. The van der Waals surface area contributed by atoms with Gasteiger partial charge in [-0.3, -0.25) is 0 Å². The number of esters is 1. The van der Waals surface area contributed by atoms with E-state index < -0.39 is 17.9 Å². The summed E-state index contributed by atoms with van der Waals surface area (Å²) in [5, 5.41) is 3.96. The lowest BCUT2D eigenvalue weighted by Crippen LogP contribution is -2.37. The minimum Gasteiger partial charge on any atom is -0.458 e. The second-order valence-electron chi connectivity index (χ2n) is 12.1. The number of benzene rings is 2. The van der Waals surface area contributed by atoms with Gasteiger partial charge >= 0.3 is 5.97 Å². The average molecular weight is 596 g/mol. The van der Waals surface area contributed by atoms with Crippen molar-refractivity contribution in [3.05, 3.63) is 82.0 Å². The molecule has 0 amide bonds. The zero-order valence-electron chi connectivity index (χ0n) is 25.6. The van der Waals surface area contributed by atoms with Crippen LogP contribution >= 0.6 is 0 Å². The Morgan fingerprint density at radius 2 is 1.67 bits per heavy atom. The summed E-state index contributed by atoms with van der Waals surface area (Å²) >= 11 is 0. The van der Waals surface area contributed by atoms with Gasteiger partial charge in [0.25, 0.3) is 0 Å². The Bertz CT molecular complexity index is 1190. The minimum atomic E-state index is -0.673. The van der Waals surface area contributed by atoms with Crippen molar-refractivity contribution in [1.29, 1.82) is 0 Å². The molecule has 0 unspecified atom stereocenters. The quantitative estimate of drug-likeness (QED) is 0.0842. The van der Waals surface area contributed by atoms with E-state index in [0.717, 1.165) is 44.1 Å². The SMILES string of the molecule is CCC[C@H](C[C@@H]1CC[C@H]([C@@H](C)[C@@H](C[C@@H]2CC[C@H]([C@@H](C)COCc3ccccc3)O2)OC(=O)c2ccccc2F)O1)N=[N+]=[N-]. The summed E-state index contributed by atoms with van der Waals surface area (Å²) in [6, 6.07) is 15.9. The highest BCUT2D eigenvalue weighted by molar-refractivity contribution is 5.89. The molecule has 0 saturated carbocycles. The molecule has 2 aliphatic heterocycles. The first-order valence-corrected chi connectivity index (χ1v) is 15.8. The van der Waals surface area contributed by atoms with E-state index in [4.69, 9.17) is 24.5 Å². The van der Waals surface area contributed by atoms with Gasteiger partial charge in [0.05, 0.1) is 43.2 Å². The smallest absolute Gasteiger partial charge is 0.341 e. The first-order valence-electron chi connectivity index (χ1n) is 15.8. The largest absolute Gasteiger partial charge is 0.458 e. The number of carbonyl (C=O) groups excluding carboxylic acids is 1. The van der Waals surface area contributed by atoms with E-state index in [0.29, 0.717) is 26.1 Å². The molecule has 0 spiro atoms. The van der Waals surface area contributed by atoms with E-state index in [9.17, 15) is 9.18 Å². The van der Waals surface area contributed by atoms with Crippen LogP contribution < -0.4 is 0 Å². The third kappa shape index (κ3) is 9.77. The van der Waals surface area contributed by atoms with Crippen molar-refractivity contribution in [2.45, 2.75) is 115 Å². The maximum absolute atomic E-state index is 14.4. The number of hydrogen-bond donors (Lipinski definition) is 0. The third-order valence-corrected chi connectivity index (χ3v) is 8.80. The highest BCUT2D eigenvalue weighted by atomic mass is 19.1. The Kier molecular flexibility index (Phi) is 12.8. The molecule has 2 aromatic carbocycles. The first-order chi connectivity index (χ1) is 20.9. The second kappa shape index (κ2) is 16.8. The van der Waals surface area contributed by atoms with Crippen LogP contribution in [0.3, 0.4) is 0 Å². The molecular formula is C34H46FN3O5. The molecule has 234 valence electrons. The molecule has 2 aliphatic rings. The predicted molar refractivity (Wildman–Crippen MR) is 163 cm³/mol. The van der Waals surface area contributed by atoms with Gasteiger partial charge in [-0.05, 0) is 61.8 Å². The van der Waals surface area contributed by atoms with Gasteiger partial charge in [-0.25, -0.2) is 9.18 Å². The summed E-state index contributed by atoms with van der Waals surface area (Å²) in [7, 11) is 0. The Labute approximate surface area is 254 Å². The summed E-state index contributed by atoms with van der Waals surface area (Å²) in [5.41, 5.74) is 10.0. The van der Waals surface area contributed by atoms with Crippen LogP contribution in [0.1, 0.15) is 88.1 Å². The molecule has 9 heteroatoms. The summed E-state index contributed by atoms with van der Waals surface area (Å²) in [6.45, 7) is 7.42. The maximum Gasteiger partial charge on any atom is 0.341 e. The van der Waals surface area contributed by atoms with Crippen LogP contribution in [0, 0.1) is 17.7 Å². The van der Waals surface area contributed by atoms with E-state index in [1.54, 1.807) is 12.1 Å². The summed E-state index contributed by atoms with van der Waals surface area (Å²) < 4.78 is 39.4. The van der Waals surface area contributed by atoms with E-state index in [1.807, 2.05) is 25.1 Å². The Morgan fingerprint density at radius 3 is 2.40 bits per heavy atom. The van der Waals surface area contributed by atoms with Crippen LogP contribution in [0.2, 0.25) is 0 Å². The van der Waals surface area contributed by atoms with Crippen LogP contribution in [0.5, 0.6) is 0 Å². The number of carbonyl (C=O) groups is 1. The van der Waals surface area contributed by atoms with E-state index in [2.05, 4.69) is 36.0 Å². The summed E-state index contributed by atoms with van der Waals surface area (Å²) in [4.78, 5) is 16.1. The molecule has 0 radical (unpaired) electrons. The first kappa shape index (κ1) is 32.9. The highest BCUT2D eigenvalue weighted by Gasteiger charge is 2.39. The van der Waals surface area contributed by atoms with Crippen molar-refractivity contribution in [1.82, 2.24) is 0 Å². The van der Waals surface area contributed by atoms with E-state index >= 15 is 0 Å². The van der Waals surface area contributed by atoms with Gasteiger partial charge < -0.3 is 18.9 Å². The zero-order chi connectivity index (χ0) is 30.6. The van der Waals surface area contributed by atoms with Crippen molar-refractivity contribution in [3.63, 3.8) is 0 Å². The Balaban J connectivity index is 1.36. The van der Waals surface area contributed by atoms with Gasteiger partial charge in [-0.2, -0.15) is 0 Å². The van der Waals surface area contributed by atoms with Gasteiger partial charge in [0, 0.05) is 29.2 Å². The van der Waals surface area contributed by atoms with Crippen LogP contribution in [0.4, 0.5) is 4.39 Å². The van der Waals surface area contributed by atoms with E-state index in [1.165, 1.54) is 12.1 Å². The molecule has 2 heterocycles. The molecule has 0 bridgehead atoms. The van der Waals surface area contributed by atoms with Crippen molar-refractivity contribution in [3.8, 4) is 0 Å². The number of ether oxygens (including phenoxy) is 4. The molecule has 2 saturated heterocycles. The maximum atomic E-state index is 14.4. The summed E-state index contributed by atoms with van der Waals surface area (Å²) in [5.74, 6) is -1.18. The Morgan fingerprint density at radius 1 is 1.00 bits per heavy atom. The number of rotatable bonds is 16. The van der Waals surface area contributed by atoms with Gasteiger partial charge in [0.15, 0.2) is 0 Å². The topological polar surface area (TPSA) is 103 Å². The number of hydrogen-bond acceptors (Lipinski definition) is 6. The molecule has 2 fully saturated rings. The average Bonchev–Trinajstić information content (AvgIpc) is 3.67. The molecule has 2 aromatic rings. The molecule has 8 nitrogen and oxygen atoms in total. The van der Waals surface area contributed by atoms with Crippen molar-refractivity contribution in [2.75, 3.05) is 6.61 Å². The van der Waals surface area contributed by atoms with E-state index in [-0.39, 0.29) is 47.9 Å². The summed E-state index contributed by atoms with van der Waals surface area (Å²) in [6.07, 6.45) is 5.71. The Hall–Kier alpha value is -2.97. The van der Waals surface area contributed by atoms with Crippen molar-refractivity contribution in [2.24, 2.45) is 17.0 Å². The molecule has 0 N–H and O–H groups in total. The molecule has 8 atom stereocenters. The molecular weight excluding hydrogens is 549 g/mol. The lowest BCUT2D eigenvalue weighted by Gasteiger charge is -2.31. The van der Waals surface area contributed by atoms with Crippen LogP contribution in [-0.4, -0.2) is 49.1 Å². The molecule has 0 aromatic heterocycles. The fourth-order valence-electron chi connectivity index (χ4n) is 6.29. The van der Waals surface area contributed by atoms with Crippen LogP contribution in [0.25, 0.3) is 10.4 Å². The number of halogens is 1. The fraction of sp³-hybridized carbons (Fsp3) is 0.618. The lowest BCUT2D eigenvalue weighted by atomic mass is 9.91. The predicted octanol–water partition coefficient (Wildman–Crippen LogP) is 8.19. The zero-order valence-corrected chi connectivity index (χ0v) is 25.6. The molecule has 43 heavy (non-hydrogen) atoms. The van der Waals surface area contributed by atoms with Crippen molar-refractivity contribution < 1.29 is 28.1 Å². The monoisotopic (exact) mass is 595 g/mol. The van der Waals surface area contributed by atoms with Crippen molar-refractivity contribution >= 4 is 5.97 Å². The second-order valence-corrected chi connectivity index (χ2v) is 12.1. The lowest BCUT2D eigenvalue weighted by molar-refractivity contribution is -0.0698. The standard InChI is InChI=1S/C34H46FN3O5/c1-4-10-26(37-38-36)19-27-16-18-32(42-27)24(3)33(43-34(39)29-13-8-9-14-30(29)35)20-28-15-17-31(41-28)23(2)21-40-22-25-11-6-5-7-12-25/h5-9,11-14,23-24,26-28,31-33H,4,10,15-22H2,1-3H3/t23-,24+,26+,27-,28-,31+,32+,33+/m0/s1. The normalized spacial score (nSPS) is 24.6. The van der Waals surface area contributed by atoms with Gasteiger partial charge in [0.1, 0.15) is 11.9 Å². The molecule has 4 rings (SSSR count). The van der Waals surface area contributed by atoms with Gasteiger partial charge in [-0.15, -0.1) is 0 Å².